The van der Waals surface area contributed by atoms with E-state index in [9.17, 15) is 9.59 Å². The molecule has 3 aromatic heterocycles. The van der Waals surface area contributed by atoms with Crippen LogP contribution >= 0.6 is 0 Å². The van der Waals surface area contributed by atoms with Crippen LogP contribution in [0.2, 0.25) is 0 Å². The predicted molar refractivity (Wildman–Crippen MR) is 72.8 cm³/mol. The molecule has 0 spiro atoms. The highest BCUT2D eigenvalue weighted by Crippen LogP contribution is 2.11. The molecule has 20 heavy (non-hydrogen) atoms. The quantitative estimate of drug-likeness (QED) is 0.677. The van der Waals surface area contributed by atoms with Crippen molar-refractivity contribution in [1.29, 1.82) is 0 Å². The smallest absolute Gasteiger partial charge is 0.332 e. The average molecular weight is 274 g/mol. The van der Waals surface area contributed by atoms with Crippen molar-refractivity contribution in [1.82, 2.24) is 18.7 Å². The summed E-state index contributed by atoms with van der Waals surface area (Å²) in [6.07, 6.45) is 1.54. The number of furan rings is 1. The van der Waals surface area contributed by atoms with Gasteiger partial charge in [-0.05, 0) is 19.1 Å². The lowest BCUT2D eigenvalue weighted by molar-refractivity contribution is 0.486. The van der Waals surface area contributed by atoms with Crippen molar-refractivity contribution in [2.24, 2.45) is 14.1 Å². The van der Waals surface area contributed by atoms with Gasteiger partial charge in [-0.25, -0.2) is 9.78 Å². The molecule has 0 bridgehead atoms. The summed E-state index contributed by atoms with van der Waals surface area (Å²) in [5.74, 6) is 1.31. The van der Waals surface area contributed by atoms with E-state index in [-0.39, 0.29) is 12.1 Å². The number of aromatic nitrogens is 4. The second-order valence-corrected chi connectivity index (χ2v) is 4.70. The molecule has 7 nitrogen and oxygen atoms in total. The van der Waals surface area contributed by atoms with Crippen molar-refractivity contribution >= 4 is 11.2 Å². The zero-order valence-electron chi connectivity index (χ0n) is 11.5. The van der Waals surface area contributed by atoms with Gasteiger partial charge in [-0.3, -0.25) is 13.9 Å². The fraction of sp³-hybridized carbons (Fsp3) is 0.308. The largest absolute Gasteiger partial charge is 0.467 e. The summed E-state index contributed by atoms with van der Waals surface area (Å²) in [6.45, 7) is 2.04. The predicted octanol–water partition coefficient (Wildman–Crippen LogP) is 0.383. The molecule has 7 heteroatoms. The van der Waals surface area contributed by atoms with Crippen LogP contribution < -0.4 is 11.2 Å². The van der Waals surface area contributed by atoms with Crippen LogP contribution in [0.4, 0.5) is 0 Å². The molecule has 3 aromatic rings. The van der Waals surface area contributed by atoms with Gasteiger partial charge in [0.05, 0.1) is 12.8 Å². The van der Waals surface area contributed by atoms with E-state index < -0.39 is 5.69 Å². The number of hydrogen-bond acceptors (Lipinski definition) is 4. The summed E-state index contributed by atoms with van der Waals surface area (Å²) in [6, 6.07) is 3.53. The monoisotopic (exact) mass is 274 g/mol. The van der Waals surface area contributed by atoms with Gasteiger partial charge >= 0.3 is 5.69 Å². The van der Waals surface area contributed by atoms with Crippen LogP contribution in [0.25, 0.3) is 11.2 Å². The standard InChI is InChI=1S/C13H14N4O3/c1-8-14-11-10(15(8)2)12(18)16(3)13(19)17(11)7-9-5-4-6-20-9/h4-6H,7H2,1-3H3. The third kappa shape index (κ3) is 1.63. The molecule has 0 saturated carbocycles. The zero-order chi connectivity index (χ0) is 14.4. The highest BCUT2D eigenvalue weighted by Gasteiger charge is 2.17. The van der Waals surface area contributed by atoms with E-state index in [0.717, 1.165) is 4.57 Å². The highest BCUT2D eigenvalue weighted by atomic mass is 16.3. The molecule has 0 N–H and O–H groups in total. The molecule has 0 aliphatic carbocycles. The Kier molecular flexibility index (Phi) is 2.63. The number of nitrogens with zero attached hydrogens (tertiary/aromatic N) is 4. The molecule has 0 atom stereocenters. The van der Waals surface area contributed by atoms with E-state index >= 15 is 0 Å². The lowest BCUT2D eigenvalue weighted by atomic mass is 10.4. The van der Waals surface area contributed by atoms with E-state index in [1.807, 2.05) is 0 Å². The lowest BCUT2D eigenvalue weighted by Gasteiger charge is -2.07. The molecule has 0 amide bonds. The summed E-state index contributed by atoms with van der Waals surface area (Å²) in [4.78, 5) is 28.8. The number of fused-ring (bicyclic) bond motifs is 1. The Labute approximate surface area is 113 Å². The number of imidazole rings is 1. The first kappa shape index (κ1) is 12.5. The first-order valence-electron chi connectivity index (χ1n) is 6.16. The number of aryl methyl sites for hydroxylation is 2. The van der Waals surface area contributed by atoms with Gasteiger partial charge in [-0.15, -0.1) is 0 Å². The third-order valence-corrected chi connectivity index (χ3v) is 3.48. The Balaban J connectivity index is 2.39. The van der Waals surface area contributed by atoms with Crippen LogP contribution in [0.1, 0.15) is 11.6 Å². The van der Waals surface area contributed by atoms with Gasteiger partial charge in [0, 0.05) is 14.1 Å². The van der Waals surface area contributed by atoms with E-state index in [4.69, 9.17) is 4.42 Å². The molecular weight excluding hydrogens is 260 g/mol. The second-order valence-electron chi connectivity index (χ2n) is 4.70. The van der Waals surface area contributed by atoms with E-state index in [1.165, 1.54) is 11.6 Å². The summed E-state index contributed by atoms with van der Waals surface area (Å²) in [5.41, 5.74) is 0.0476. The molecule has 3 rings (SSSR count). The molecule has 3 heterocycles. The van der Waals surface area contributed by atoms with E-state index in [2.05, 4.69) is 4.98 Å². The van der Waals surface area contributed by atoms with Crippen molar-refractivity contribution in [3.8, 4) is 0 Å². The SMILES string of the molecule is Cc1nc2c(c(=O)n(C)c(=O)n2Cc2ccco2)n1C. The Morgan fingerprint density at radius 2 is 2.00 bits per heavy atom. The van der Waals surface area contributed by atoms with Crippen LogP contribution in [0.5, 0.6) is 0 Å². The molecule has 0 aromatic carbocycles. The molecule has 0 saturated heterocycles. The second kappa shape index (κ2) is 4.22. The summed E-state index contributed by atoms with van der Waals surface area (Å²) in [5, 5.41) is 0. The fourth-order valence-electron chi connectivity index (χ4n) is 2.24. The minimum atomic E-state index is -0.406. The number of rotatable bonds is 2. The molecule has 0 aliphatic rings. The molecule has 0 unspecified atom stereocenters. The summed E-state index contributed by atoms with van der Waals surface area (Å²) >= 11 is 0. The van der Waals surface area contributed by atoms with Crippen LogP contribution in [0.15, 0.2) is 32.4 Å². The third-order valence-electron chi connectivity index (χ3n) is 3.48. The highest BCUT2D eigenvalue weighted by molar-refractivity contribution is 5.71. The van der Waals surface area contributed by atoms with Gasteiger partial charge < -0.3 is 8.98 Å². The molecule has 0 aliphatic heterocycles. The summed E-state index contributed by atoms with van der Waals surface area (Å²) in [7, 11) is 3.22. The number of hydrogen-bond donors (Lipinski definition) is 0. The van der Waals surface area contributed by atoms with Crippen molar-refractivity contribution in [2.45, 2.75) is 13.5 Å². The Hall–Kier alpha value is -2.57. The maximum absolute atomic E-state index is 12.3. The Bertz CT molecular complexity index is 896. The molecular formula is C13H14N4O3. The normalized spacial score (nSPS) is 11.3. The maximum atomic E-state index is 12.3. The van der Waals surface area contributed by atoms with Gasteiger partial charge in [0.1, 0.15) is 11.6 Å². The van der Waals surface area contributed by atoms with Crippen LogP contribution in [-0.2, 0) is 20.6 Å². The molecule has 0 fully saturated rings. The van der Waals surface area contributed by atoms with Crippen LogP contribution in [0.3, 0.4) is 0 Å². The minimum Gasteiger partial charge on any atom is -0.467 e. The maximum Gasteiger partial charge on any atom is 0.332 e. The fourth-order valence-corrected chi connectivity index (χ4v) is 2.24. The van der Waals surface area contributed by atoms with Crippen molar-refractivity contribution < 1.29 is 4.42 Å². The Morgan fingerprint density at radius 3 is 2.65 bits per heavy atom. The van der Waals surface area contributed by atoms with Crippen molar-refractivity contribution in [3.05, 3.63) is 50.8 Å². The van der Waals surface area contributed by atoms with E-state index in [0.29, 0.717) is 22.7 Å². The first-order chi connectivity index (χ1) is 9.50. The van der Waals surface area contributed by atoms with Crippen molar-refractivity contribution in [2.75, 3.05) is 0 Å². The lowest BCUT2D eigenvalue weighted by Crippen LogP contribution is -2.38. The van der Waals surface area contributed by atoms with Gasteiger partial charge in [0.15, 0.2) is 11.2 Å². The molecule has 0 radical (unpaired) electrons. The van der Waals surface area contributed by atoms with Gasteiger partial charge in [-0.1, -0.05) is 0 Å². The first-order valence-corrected chi connectivity index (χ1v) is 6.16. The summed E-state index contributed by atoms with van der Waals surface area (Å²) < 4.78 is 9.49. The van der Waals surface area contributed by atoms with Gasteiger partial charge in [0.2, 0.25) is 0 Å². The van der Waals surface area contributed by atoms with Crippen LogP contribution in [0, 0.1) is 6.92 Å². The van der Waals surface area contributed by atoms with Gasteiger partial charge in [-0.2, -0.15) is 0 Å². The van der Waals surface area contributed by atoms with Crippen LogP contribution in [-0.4, -0.2) is 18.7 Å². The van der Waals surface area contributed by atoms with E-state index in [1.54, 1.807) is 36.9 Å². The minimum absolute atomic E-state index is 0.243. The topological polar surface area (TPSA) is 75.0 Å². The molecule has 104 valence electrons. The zero-order valence-corrected chi connectivity index (χ0v) is 11.5. The van der Waals surface area contributed by atoms with Gasteiger partial charge in [0.25, 0.3) is 5.56 Å². The Morgan fingerprint density at radius 1 is 1.25 bits per heavy atom. The average Bonchev–Trinajstić information content (AvgIpc) is 3.02. The van der Waals surface area contributed by atoms with Crippen molar-refractivity contribution in [3.63, 3.8) is 0 Å².